The summed E-state index contributed by atoms with van der Waals surface area (Å²) in [5.41, 5.74) is 0. The van der Waals surface area contributed by atoms with Gasteiger partial charge in [-0.25, -0.2) is 0 Å². The predicted octanol–water partition coefficient (Wildman–Crippen LogP) is 6.80. The van der Waals surface area contributed by atoms with Crippen LogP contribution in [0.2, 0.25) is 0 Å². The Kier molecular flexibility index (Phi) is 13.3. The van der Waals surface area contributed by atoms with E-state index in [2.05, 4.69) is 13.8 Å². The van der Waals surface area contributed by atoms with Gasteiger partial charge in [0.15, 0.2) is 5.79 Å². The maximum atomic E-state index is 11.7. The zero-order valence-electron chi connectivity index (χ0n) is 22.0. The second-order valence-corrected chi connectivity index (χ2v) is 10.9. The molecule has 194 valence electrons. The Morgan fingerprint density at radius 3 is 2.30 bits per heavy atom. The quantitative estimate of drug-likeness (QED) is 0.188. The first-order valence-corrected chi connectivity index (χ1v) is 14.0. The molecular weight excluding hydrogens is 416 g/mol. The van der Waals surface area contributed by atoms with Crippen molar-refractivity contribution in [3.63, 3.8) is 0 Å². The van der Waals surface area contributed by atoms with E-state index in [1.54, 1.807) is 0 Å². The number of carbonyl (C=O) groups excluding carboxylic acids is 1. The lowest BCUT2D eigenvalue weighted by Crippen LogP contribution is -2.32. The molecule has 33 heavy (non-hydrogen) atoms. The van der Waals surface area contributed by atoms with Crippen molar-refractivity contribution in [2.45, 2.75) is 142 Å². The number of aliphatic hydroxyl groups is 1. The molecule has 0 spiro atoms. The fourth-order valence-corrected chi connectivity index (χ4v) is 5.96. The highest BCUT2D eigenvalue weighted by molar-refractivity contribution is 5.69. The lowest BCUT2D eigenvalue weighted by molar-refractivity contribution is -0.171. The van der Waals surface area contributed by atoms with E-state index in [0.29, 0.717) is 37.4 Å². The molecular formula is C28H52O5. The molecule has 1 saturated heterocycles. The summed E-state index contributed by atoms with van der Waals surface area (Å²) in [5, 5.41) is 10.7. The highest BCUT2D eigenvalue weighted by atomic mass is 16.7. The van der Waals surface area contributed by atoms with Gasteiger partial charge in [0, 0.05) is 19.3 Å². The maximum absolute atomic E-state index is 11.7. The highest BCUT2D eigenvalue weighted by Crippen LogP contribution is 2.44. The number of aliphatic hydroxyl groups excluding tert-OH is 1. The summed E-state index contributed by atoms with van der Waals surface area (Å²) in [5.74, 6) is 1.02. The van der Waals surface area contributed by atoms with Crippen LogP contribution in [0, 0.1) is 17.8 Å². The van der Waals surface area contributed by atoms with Gasteiger partial charge in [-0.05, 0) is 63.7 Å². The van der Waals surface area contributed by atoms with E-state index in [1.165, 1.54) is 32.1 Å². The Labute approximate surface area is 203 Å². The second-order valence-electron chi connectivity index (χ2n) is 10.9. The standard InChI is InChI=1S/C28H52O5/c1-5-6-7-10-13-17-28(31-19-20-32-28)18-16-24-23(4)21-26(29)25(24)14-11-8-9-12-15-27(30)33-22(2)3/h22-26,29H,5-21H2,1-4H3/t23-,24+,25-,26+/m1/s1. The van der Waals surface area contributed by atoms with Crippen molar-refractivity contribution in [2.75, 3.05) is 13.2 Å². The van der Waals surface area contributed by atoms with Crippen LogP contribution in [0.3, 0.4) is 0 Å². The molecule has 0 aromatic carbocycles. The van der Waals surface area contributed by atoms with Crippen molar-refractivity contribution in [1.82, 2.24) is 0 Å². The number of ether oxygens (including phenoxy) is 3. The molecule has 2 fully saturated rings. The van der Waals surface area contributed by atoms with Crippen LogP contribution in [0.15, 0.2) is 0 Å². The number of esters is 1. The minimum Gasteiger partial charge on any atom is -0.463 e. The van der Waals surface area contributed by atoms with E-state index in [9.17, 15) is 9.90 Å². The summed E-state index contributed by atoms with van der Waals surface area (Å²) in [6.07, 6.45) is 15.9. The second kappa shape index (κ2) is 15.4. The first-order chi connectivity index (χ1) is 15.9. The minimum atomic E-state index is -0.380. The number of hydrogen-bond acceptors (Lipinski definition) is 5. The van der Waals surface area contributed by atoms with E-state index in [0.717, 1.165) is 57.8 Å². The van der Waals surface area contributed by atoms with Crippen LogP contribution in [-0.4, -0.2) is 42.3 Å². The smallest absolute Gasteiger partial charge is 0.306 e. The van der Waals surface area contributed by atoms with Crippen molar-refractivity contribution in [1.29, 1.82) is 0 Å². The van der Waals surface area contributed by atoms with Gasteiger partial charge < -0.3 is 19.3 Å². The number of unbranched alkanes of at least 4 members (excludes halogenated alkanes) is 7. The zero-order chi connectivity index (χ0) is 24.1. The summed E-state index contributed by atoms with van der Waals surface area (Å²) < 4.78 is 17.5. The molecule has 0 radical (unpaired) electrons. The molecule has 2 aliphatic rings. The molecule has 0 bridgehead atoms. The van der Waals surface area contributed by atoms with Crippen LogP contribution in [0.25, 0.3) is 0 Å². The Morgan fingerprint density at radius 1 is 0.939 bits per heavy atom. The van der Waals surface area contributed by atoms with Crippen LogP contribution in [-0.2, 0) is 19.0 Å². The van der Waals surface area contributed by atoms with Crippen molar-refractivity contribution in [2.24, 2.45) is 17.8 Å². The van der Waals surface area contributed by atoms with Crippen molar-refractivity contribution in [3.8, 4) is 0 Å². The fraction of sp³-hybridized carbons (Fsp3) is 0.964. The van der Waals surface area contributed by atoms with Gasteiger partial charge in [-0.15, -0.1) is 0 Å². The Bertz CT molecular complexity index is 528. The zero-order valence-corrected chi connectivity index (χ0v) is 22.0. The molecule has 2 rings (SSSR count). The maximum Gasteiger partial charge on any atom is 0.306 e. The monoisotopic (exact) mass is 468 g/mol. The van der Waals surface area contributed by atoms with Crippen LogP contribution in [0.1, 0.15) is 124 Å². The fourth-order valence-electron chi connectivity index (χ4n) is 5.96. The van der Waals surface area contributed by atoms with E-state index >= 15 is 0 Å². The van der Waals surface area contributed by atoms with Crippen molar-refractivity contribution in [3.05, 3.63) is 0 Å². The normalized spacial score (nSPS) is 26.8. The molecule has 0 unspecified atom stereocenters. The van der Waals surface area contributed by atoms with Crippen molar-refractivity contribution >= 4 is 5.97 Å². The number of hydrogen-bond donors (Lipinski definition) is 1. The average Bonchev–Trinajstić information content (AvgIpc) is 3.33. The van der Waals surface area contributed by atoms with E-state index in [4.69, 9.17) is 14.2 Å². The third-order valence-corrected chi connectivity index (χ3v) is 7.76. The number of carbonyl (C=O) groups is 1. The topological polar surface area (TPSA) is 65.0 Å². The van der Waals surface area contributed by atoms with Gasteiger partial charge in [0.05, 0.1) is 25.4 Å². The number of rotatable bonds is 17. The summed E-state index contributed by atoms with van der Waals surface area (Å²) in [7, 11) is 0. The van der Waals surface area contributed by atoms with Gasteiger partial charge in [-0.2, -0.15) is 0 Å². The molecule has 5 heteroatoms. The SMILES string of the molecule is CCCCCCCC1(CC[C@@H]2[C@@H](CCCCCCC(=O)OC(C)C)[C@@H](O)C[C@H]2C)OCCO1. The first-order valence-electron chi connectivity index (χ1n) is 14.0. The molecule has 1 aliphatic carbocycles. The van der Waals surface area contributed by atoms with Gasteiger partial charge in [0.1, 0.15) is 0 Å². The van der Waals surface area contributed by atoms with Crippen LogP contribution >= 0.6 is 0 Å². The molecule has 0 aromatic heterocycles. The predicted molar refractivity (Wildman–Crippen MR) is 133 cm³/mol. The lowest BCUT2D eigenvalue weighted by Gasteiger charge is -2.31. The summed E-state index contributed by atoms with van der Waals surface area (Å²) in [6.45, 7) is 9.77. The van der Waals surface area contributed by atoms with Gasteiger partial charge in [0.25, 0.3) is 0 Å². The third kappa shape index (κ3) is 10.2. The van der Waals surface area contributed by atoms with E-state index < -0.39 is 0 Å². The van der Waals surface area contributed by atoms with Crippen LogP contribution in [0.4, 0.5) is 0 Å². The van der Waals surface area contributed by atoms with Gasteiger partial charge >= 0.3 is 5.97 Å². The van der Waals surface area contributed by atoms with E-state index in [1.807, 2.05) is 13.8 Å². The third-order valence-electron chi connectivity index (χ3n) is 7.76. The summed E-state index contributed by atoms with van der Waals surface area (Å²) in [4.78, 5) is 11.7. The van der Waals surface area contributed by atoms with Gasteiger partial charge in [0.2, 0.25) is 0 Å². The van der Waals surface area contributed by atoms with Gasteiger partial charge in [-0.3, -0.25) is 4.79 Å². The summed E-state index contributed by atoms with van der Waals surface area (Å²) in [6, 6.07) is 0. The Balaban J connectivity index is 1.72. The van der Waals surface area contributed by atoms with E-state index in [-0.39, 0.29) is 24.0 Å². The minimum absolute atomic E-state index is 0.0273. The van der Waals surface area contributed by atoms with Crippen LogP contribution < -0.4 is 0 Å². The Morgan fingerprint density at radius 2 is 1.61 bits per heavy atom. The molecule has 1 N–H and O–H groups in total. The lowest BCUT2D eigenvalue weighted by atomic mass is 9.81. The summed E-state index contributed by atoms with van der Waals surface area (Å²) >= 11 is 0. The average molecular weight is 469 g/mol. The molecule has 0 aromatic rings. The first kappa shape index (κ1) is 28.6. The molecule has 1 heterocycles. The molecule has 4 atom stereocenters. The highest BCUT2D eigenvalue weighted by Gasteiger charge is 2.42. The molecule has 5 nitrogen and oxygen atoms in total. The van der Waals surface area contributed by atoms with Crippen molar-refractivity contribution < 1.29 is 24.1 Å². The van der Waals surface area contributed by atoms with Gasteiger partial charge in [-0.1, -0.05) is 58.8 Å². The Hall–Kier alpha value is -0.650. The largest absolute Gasteiger partial charge is 0.463 e. The molecule has 1 aliphatic heterocycles. The van der Waals surface area contributed by atoms with Crippen LogP contribution in [0.5, 0.6) is 0 Å². The molecule has 0 amide bonds. The molecule has 1 saturated carbocycles.